The first-order valence-electron chi connectivity index (χ1n) is 18.0. The van der Waals surface area contributed by atoms with Crippen molar-refractivity contribution in [2.24, 2.45) is 5.92 Å². The van der Waals surface area contributed by atoms with Crippen molar-refractivity contribution < 1.29 is 32.7 Å². The summed E-state index contributed by atoms with van der Waals surface area (Å²) in [5, 5.41) is 8.94. The molecule has 1 saturated heterocycles. The summed E-state index contributed by atoms with van der Waals surface area (Å²) in [5.41, 5.74) is 0.983. The van der Waals surface area contributed by atoms with Crippen molar-refractivity contribution in [3.63, 3.8) is 0 Å². The van der Waals surface area contributed by atoms with Crippen LogP contribution in [0.1, 0.15) is 97.5 Å². The summed E-state index contributed by atoms with van der Waals surface area (Å²) in [7, 11) is -0.613. The fourth-order valence-electron chi connectivity index (χ4n) is 6.05. The number of carbonyl (C=O) groups excluding carboxylic acids is 3. The highest BCUT2D eigenvalue weighted by Gasteiger charge is 2.38. The van der Waals surface area contributed by atoms with E-state index in [1.165, 1.54) is 0 Å². The first-order valence-corrected chi connectivity index (χ1v) is 20.2. The number of hydrogen-bond donors (Lipinski definition) is 3. The molecule has 0 saturated carbocycles. The van der Waals surface area contributed by atoms with Crippen molar-refractivity contribution >= 4 is 55.2 Å². The molecule has 0 bridgehead atoms. The van der Waals surface area contributed by atoms with Crippen LogP contribution >= 0.6 is 0 Å². The molecule has 12 nitrogen and oxygen atoms in total. The van der Waals surface area contributed by atoms with Gasteiger partial charge in [-0.1, -0.05) is 0 Å². The minimum absolute atomic E-state index is 0.00787. The van der Waals surface area contributed by atoms with Crippen molar-refractivity contribution in [3.05, 3.63) is 41.9 Å². The zero-order valence-corrected chi connectivity index (χ0v) is 33.4. The molecule has 3 aromatic rings. The number of furan rings is 1. The summed E-state index contributed by atoms with van der Waals surface area (Å²) in [6.45, 7) is 20.7. The molecule has 0 spiro atoms. The largest absolute Gasteiger partial charge is 0.444 e. The Hall–Kier alpha value is -4.20. The molecule has 284 valence electrons. The molecule has 4 heterocycles. The molecule has 3 N–H and O–H groups in total. The minimum Gasteiger partial charge on any atom is -0.444 e. The molecule has 0 aliphatic carbocycles. The summed E-state index contributed by atoms with van der Waals surface area (Å²) >= 11 is 0. The number of ether oxygens (including phenoxy) is 2. The number of pyridine rings is 2. The number of carbonyl (C=O) groups is 3. The van der Waals surface area contributed by atoms with Gasteiger partial charge in [0.05, 0.1) is 47.9 Å². The van der Waals surface area contributed by atoms with Crippen molar-refractivity contribution in [1.29, 1.82) is 0 Å². The standard InChI is InChI=1S/C38H55FN6O6Si/c1-36(2,3)50-34(47)42-26-18-25(14-17-52(10)38(7,8)9)22-45(23-26)28-13-16-40-21-27(28)43-32(46)30-31-29(19-24(20-41-31)12-11-15-39)49-33(30)44-35(48)51-37(4,5)6/h13,16,19-21,25-26H,11-12,14-15,17-18,22-23H2,1-10H3,(H2-,41,42,43,44,46,47,48)/p+1/t25-,26?/m1/s1. The molecule has 2 atom stereocenters. The number of hydrogen-bond acceptors (Lipinski definition) is 9. The summed E-state index contributed by atoms with van der Waals surface area (Å²) in [6, 6.07) is 4.48. The Morgan fingerprint density at radius 2 is 1.69 bits per heavy atom. The first kappa shape index (κ1) is 40.6. The zero-order valence-electron chi connectivity index (χ0n) is 32.4. The molecule has 14 heteroatoms. The van der Waals surface area contributed by atoms with Gasteiger partial charge >= 0.3 is 21.0 Å². The van der Waals surface area contributed by atoms with Gasteiger partial charge in [0.15, 0.2) is 5.58 Å². The van der Waals surface area contributed by atoms with Gasteiger partial charge in [-0.15, -0.1) is 0 Å². The molecule has 1 aliphatic rings. The average molecular weight is 740 g/mol. The number of anilines is 3. The van der Waals surface area contributed by atoms with Crippen LogP contribution in [0.5, 0.6) is 0 Å². The van der Waals surface area contributed by atoms with E-state index in [9.17, 15) is 18.8 Å². The molecule has 3 amide bonds. The maximum Gasteiger partial charge on any atom is 0.414 e. The maximum absolute atomic E-state index is 14.2. The van der Waals surface area contributed by atoms with Crippen LogP contribution in [0.2, 0.25) is 17.6 Å². The number of nitrogens with one attached hydrogen (secondary N) is 3. The van der Waals surface area contributed by atoms with Crippen molar-refractivity contribution in [2.75, 3.05) is 35.3 Å². The fourth-order valence-corrected chi connectivity index (χ4v) is 7.64. The van der Waals surface area contributed by atoms with E-state index in [-0.39, 0.29) is 39.5 Å². The molecule has 1 fully saturated rings. The highest BCUT2D eigenvalue weighted by Crippen LogP contribution is 2.36. The maximum atomic E-state index is 14.2. The van der Waals surface area contributed by atoms with E-state index in [2.05, 4.69) is 58.1 Å². The van der Waals surface area contributed by atoms with Crippen LogP contribution in [0.3, 0.4) is 0 Å². The number of alkyl halides is 1. The van der Waals surface area contributed by atoms with Crippen molar-refractivity contribution in [3.8, 4) is 0 Å². The SMILES string of the molecule is C[Si+](CC[C@@H]1CC(NC(=O)OC(C)(C)C)CN(c2ccncc2NC(=O)c2c(NC(=O)OC(C)(C)C)oc3cc(CCCF)cnc23)C1)C(C)(C)C. The molecule has 1 aliphatic heterocycles. The minimum atomic E-state index is -0.800. The number of nitrogens with zero attached hydrogens (tertiary/aromatic N) is 3. The van der Waals surface area contributed by atoms with E-state index in [0.717, 1.165) is 36.7 Å². The smallest absolute Gasteiger partial charge is 0.414 e. The Kier molecular flexibility index (Phi) is 13.0. The van der Waals surface area contributed by atoms with Gasteiger partial charge in [0, 0.05) is 25.5 Å². The lowest BCUT2D eigenvalue weighted by Gasteiger charge is -2.40. The molecular formula is C38H56FN6O6Si+. The lowest BCUT2D eigenvalue weighted by atomic mass is 9.91. The monoisotopic (exact) mass is 739 g/mol. The van der Waals surface area contributed by atoms with Crippen LogP contribution in [0, 0.1) is 5.92 Å². The van der Waals surface area contributed by atoms with Gasteiger partial charge in [0.1, 0.15) is 22.3 Å². The molecule has 0 aromatic carbocycles. The van der Waals surface area contributed by atoms with Gasteiger partial charge in [-0.3, -0.25) is 24.5 Å². The van der Waals surface area contributed by atoms with Crippen LogP contribution in [-0.2, 0) is 15.9 Å². The Morgan fingerprint density at radius 3 is 2.35 bits per heavy atom. The second kappa shape index (κ2) is 16.6. The summed E-state index contributed by atoms with van der Waals surface area (Å²) in [4.78, 5) is 50.9. The van der Waals surface area contributed by atoms with Crippen LogP contribution in [0.15, 0.2) is 35.1 Å². The number of fused-ring (bicyclic) bond motifs is 1. The van der Waals surface area contributed by atoms with E-state index < -0.39 is 44.8 Å². The third kappa shape index (κ3) is 11.7. The van der Waals surface area contributed by atoms with Gasteiger partial charge < -0.3 is 29.4 Å². The number of rotatable bonds is 11. The third-order valence-electron chi connectivity index (χ3n) is 8.88. The van der Waals surface area contributed by atoms with Crippen molar-refractivity contribution in [2.45, 2.75) is 123 Å². The quantitative estimate of drug-likeness (QED) is 0.164. The molecule has 0 radical (unpaired) electrons. The Labute approximate surface area is 308 Å². The van der Waals surface area contributed by atoms with Gasteiger partial charge in [-0.05, 0) is 112 Å². The topological polar surface area (TPSA) is 148 Å². The van der Waals surface area contributed by atoms with E-state index >= 15 is 0 Å². The number of alkyl carbamates (subject to hydrolysis) is 1. The van der Waals surface area contributed by atoms with E-state index in [1.54, 1.807) is 45.4 Å². The van der Waals surface area contributed by atoms with Crippen LogP contribution in [0.4, 0.5) is 31.2 Å². The normalized spacial score (nSPS) is 16.7. The fraction of sp³-hybridized carbons (Fsp3) is 0.605. The van der Waals surface area contributed by atoms with Gasteiger partial charge in [-0.25, -0.2) is 9.59 Å². The number of amides is 3. The molecule has 3 aromatic heterocycles. The van der Waals surface area contributed by atoms with E-state index in [0.29, 0.717) is 25.1 Å². The van der Waals surface area contributed by atoms with Crippen LogP contribution < -0.4 is 20.9 Å². The van der Waals surface area contributed by atoms with Crippen LogP contribution in [0.25, 0.3) is 11.1 Å². The summed E-state index contributed by atoms with van der Waals surface area (Å²) < 4.78 is 29.9. The van der Waals surface area contributed by atoms with Crippen molar-refractivity contribution in [1.82, 2.24) is 15.3 Å². The molecule has 52 heavy (non-hydrogen) atoms. The van der Waals surface area contributed by atoms with E-state index in [4.69, 9.17) is 13.9 Å². The highest BCUT2D eigenvalue weighted by atomic mass is 28.3. The lowest BCUT2D eigenvalue weighted by Crippen LogP contribution is -2.52. The number of aryl methyl sites for hydroxylation is 1. The third-order valence-corrected chi connectivity index (χ3v) is 12.5. The Bertz CT molecular complexity index is 1710. The molecular weight excluding hydrogens is 684 g/mol. The van der Waals surface area contributed by atoms with Gasteiger partial charge in [-0.2, -0.15) is 0 Å². The molecule has 1 unspecified atom stereocenters. The Morgan fingerprint density at radius 1 is 1.00 bits per heavy atom. The second-order valence-corrected chi connectivity index (χ2v) is 20.2. The van der Waals surface area contributed by atoms with Gasteiger partial charge in [0.2, 0.25) is 5.88 Å². The summed E-state index contributed by atoms with van der Waals surface area (Å²) in [6.07, 6.45) is 6.13. The van der Waals surface area contributed by atoms with Crippen LogP contribution in [-0.4, -0.2) is 73.9 Å². The zero-order chi connectivity index (χ0) is 38.4. The highest BCUT2D eigenvalue weighted by molar-refractivity contribution is 6.60. The summed E-state index contributed by atoms with van der Waals surface area (Å²) in [5.74, 6) is -0.424. The number of aromatic nitrogens is 2. The predicted molar refractivity (Wildman–Crippen MR) is 205 cm³/mol. The predicted octanol–water partition coefficient (Wildman–Crippen LogP) is 8.76. The first-order chi connectivity index (χ1) is 24.2. The van der Waals surface area contributed by atoms with Gasteiger partial charge in [0.25, 0.3) is 5.91 Å². The Balaban J connectivity index is 1.65. The van der Waals surface area contributed by atoms with E-state index in [1.807, 2.05) is 26.8 Å². The lowest BCUT2D eigenvalue weighted by molar-refractivity contribution is 0.0492. The second-order valence-electron chi connectivity index (χ2n) is 16.7. The number of halogens is 1. The molecule has 4 rings (SSSR count). The average Bonchev–Trinajstić information content (AvgIpc) is 3.37. The number of piperidine rings is 1.